The minimum absolute atomic E-state index is 0.0508. The van der Waals surface area contributed by atoms with Crippen molar-refractivity contribution in [2.45, 2.75) is 66.0 Å². The fourth-order valence-electron chi connectivity index (χ4n) is 1.90. The molecule has 3 N–H and O–H groups in total. The number of rotatable bonds is 8. The average molecular weight is 272 g/mol. The molecule has 3 unspecified atom stereocenters. The third-order valence-corrected chi connectivity index (χ3v) is 3.35. The van der Waals surface area contributed by atoms with Crippen molar-refractivity contribution in [2.75, 3.05) is 0 Å². The lowest BCUT2D eigenvalue weighted by Crippen LogP contribution is -2.48. The Morgan fingerprint density at radius 3 is 2.11 bits per heavy atom. The summed E-state index contributed by atoms with van der Waals surface area (Å²) in [7, 11) is 0. The van der Waals surface area contributed by atoms with E-state index >= 15 is 0 Å². The van der Waals surface area contributed by atoms with Crippen molar-refractivity contribution < 1.29 is 14.7 Å². The normalized spacial score (nSPS) is 15.7. The number of carboxylic acids is 1. The molecule has 2 amide bonds. The molecule has 0 aromatic heterocycles. The van der Waals surface area contributed by atoms with Gasteiger partial charge in [-0.2, -0.15) is 0 Å². The Morgan fingerprint density at radius 1 is 1.11 bits per heavy atom. The van der Waals surface area contributed by atoms with Crippen LogP contribution in [-0.2, 0) is 4.79 Å². The number of nitrogens with one attached hydrogen (secondary N) is 2. The topological polar surface area (TPSA) is 78.4 Å². The van der Waals surface area contributed by atoms with Gasteiger partial charge in [0, 0.05) is 12.1 Å². The number of hydrogen-bond donors (Lipinski definition) is 3. The minimum Gasteiger partial charge on any atom is -0.481 e. The first-order valence-corrected chi connectivity index (χ1v) is 7.05. The molecule has 0 aliphatic rings. The van der Waals surface area contributed by atoms with Crippen LogP contribution in [0.1, 0.15) is 53.9 Å². The van der Waals surface area contributed by atoms with Crippen LogP contribution in [0.15, 0.2) is 0 Å². The molecule has 5 heteroatoms. The van der Waals surface area contributed by atoms with E-state index < -0.39 is 5.97 Å². The molecule has 0 saturated carbocycles. The van der Waals surface area contributed by atoms with Gasteiger partial charge in [0.05, 0.1) is 6.42 Å². The van der Waals surface area contributed by atoms with Gasteiger partial charge in [0.1, 0.15) is 0 Å². The highest BCUT2D eigenvalue weighted by Crippen LogP contribution is 2.10. The van der Waals surface area contributed by atoms with Crippen LogP contribution in [0.5, 0.6) is 0 Å². The summed E-state index contributed by atoms with van der Waals surface area (Å²) < 4.78 is 0. The van der Waals surface area contributed by atoms with Gasteiger partial charge in [-0.15, -0.1) is 0 Å². The lowest BCUT2D eigenvalue weighted by Gasteiger charge is -2.23. The first-order valence-electron chi connectivity index (χ1n) is 7.05. The van der Waals surface area contributed by atoms with E-state index in [0.29, 0.717) is 5.92 Å². The molecule has 0 aromatic rings. The van der Waals surface area contributed by atoms with Crippen LogP contribution in [0.4, 0.5) is 4.79 Å². The third kappa shape index (κ3) is 8.46. The van der Waals surface area contributed by atoms with E-state index in [4.69, 9.17) is 5.11 Å². The maximum Gasteiger partial charge on any atom is 0.315 e. The zero-order valence-corrected chi connectivity index (χ0v) is 12.7. The van der Waals surface area contributed by atoms with E-state index in [-0.39, 0.29) is 30.5 Å². The van der Waals surface area contributed by atoms with Crippen molar-refractivity contribution >= 4 is 12.0 Å². The summed E-state index contributed by atoms with van der Waals surface area (Å²) in [5, 5.41) is 14.4. The van der Waals surface area contributed by atoms with Gasteiger partial charge < -0.3 is 15.7 Å². The Hall–Kier alpha value is -1.26. The number of amides is 2. The average Bonchev–Trinajstić information content (AvgIpc) is 2.26. The van der Waals surface area contributed by atoms with E-state index in [2.05, 4.69) is 24.5 Å². The molecule has 0 aliphatic carbocycles. The molecule has 0 heterocycles. The fourth-order valence-corrected chi connectivity index (χ4v) is 1.90. The van der Waals surface area contributed by atoms with Gasteiger partial charge in [-0.3, -0.25) is 4.79 Å². The number of urea groups is 1. The second-order valence-corrected chi connectivity index (χ2v) is 5.72. The summed E-state index contributed by atoms with van der Waals surface area (Å²) in [4.78, 5) is 22.5. The van der Waals surface area contributed by atoms with Crippen LogP contribution in [0, 0.1) is 11.8 Å². The van der Waals surface area contributed by atoms with E-state index in [0.717, 1.165) is 12.8 Å². The summed E-state index contributed by atoms with van der Waals surface area (Å²) in [6, 6.07) is -0.531. The number of aliphatic carboxylic acids is 1. The van der Waals surface area contributed by atoms with Crippen LogP contribution in [-0.4, -0.2) is 29.2 Å². The summed E-state index contributed by atoms with van der Waals surface area (Å²) in [6.07, 6.45) is 1.96. The second-order valence-electron chi connectivity index (χ2n) is 5.72. The molecule has 0 saturated heterocycles. The lowest BCUT2D eigenvalue weighted by atomic mass is 10.00. The van der Waals surface area contributed by atoms with Crippen molar-refractivity contribution in [3.8, 4) is 0 Å². The Morgan fingerprint density at radius 2 is 1.68 bits per heavy atom. The van der Waals surface area contributed by atoms with Crippen LogP contribution < -0.4 is 10.6 Å². The predicted octanol–water partition coefficient (Wildman–Crippen LogP) is 2.61. The summed E-state index contributed by atoms with van der Waals surface area (Å²) in [6.45, 7) is 10.0. The molecular formula is C14H28N2O3. The highest BCUT2D eigenvalue weighted by molar-refractivity contribution is 5.76. The van der Waals surface area contributed by atoms with Gasteiger partial charge in [-0.25, -0.2) is 4.79 Å². The molecule has 0 spiro atoms. The van der Waals surface area contributed by atoms with Crippen LogP contribution in [0.3, 0.4) is 0 Å². The van der Waals surface area contributed by atoms with Crippen molar-refractivity contribution in [2.24, 2.45) is 11.8 Å². The predicted molar refractivity (Wildman–Crippen MR) is 76.1 cm³/mol. The molecule has 5 nitrogen and oxygen atoms in total. The first kappa shape index (κ1) is 17.7. The molecule has 0 aliphatic heterocycles. The smallest absolute Gasteiger partial charge is 0.315 e. The van der Waals surface area contributed by atoms with E-state index in [9.17, 15) is 9.59 Å². The zero-order valence-electron chi connectivity index (χ0n) is 12.7. The Kier molecular flexibility index (Phi) is 8.19. The molecule has 0 radical (unpaired) electrons. The second kappa shape index (κ2) is 8.77. The summed E-state index contributed by atoms with van der Waals surface area (Å²) in [5.41, 5.74) is 0. The molecule has 0 rings (SSSR count). The molecule has 0 fully saturated rings. The van der Waals surface area contributed by atoms with Gasteiger partial charge in [0.2, 0.25) is 0 Å². The Balaban J connectivity index is 4.22. The van der Waals surface area contributed by atoms with Crippen LogP contribution in [0.25, 0.3) is 0 Å². The van der Waals surface area contributed by atoms with Crippen LogP contribution >= 0.6 is 0 Å². The standard InChI is InChI=1S/C14H28N2O3/c1-6-10(4)7-11(5)15-14(19)16-12(9(2)3)8-13(17)18/h9-12H,6-8H2,1-5H3,(H,17,18)(H2,15,16,19). The highest BCUT2D eigenvalue weighted by Gasteiger charge is 2.20. The molecule has 0 aromatic carbocycles. The summed E-state index contributed by atoms with van der Waals surface area (Å²) >= 11 is 0. The third-order valence-electron chi connectivity index (χ3n) is 3.35. The molecule has 0 bridgehead atoms. The maximum atomic E-state index is 11.8. The number of carbonyl (C=O) groups is 2. The van der Waals surface area contributed by atoms with Crippen LogP contribution in [0.2, 0.25) is 0 Å². The minimum atomic E-state index is -0.897. The van der Waals surface area contributed by atoms with E-state index in [1.807, 2.05) is 20.8 Å². The monoisotopic (exact) mass is 272 g/mol. The maximum absolute atomic E-state index is 11.8. The van der Waals surface area contributed by atoms with Gasteiger partial charge in [0.15, 0.2) is 0 Å². The first-order chi connectivity index (χ1) is 8.76. The van der Waals surface area contributed by atoms with Crippen molar-refractivity contribution in [1.29, 1.82) is 0 Å². The quantitative estimate of drug-likeness (QED) is 0.635. The zero-order chi connectivity index (χ0) is 15.0. The van der Waals surface area contributed by atoms with Gasteiger partial charge in [0.25, 0.3) is 0 Å². The molecule has 3 atom stereocenters. The molecule has 19 heavy (non-hydrogen) atoms. The molecule has 112 valence electrons. The van der Waals surface area contributed by atoms with Gasteiger partial charge in [-0.05, 0) is 25.2 Å². The largest absolute Gasteiger partial charge is 0.481 e. The highest BCUT2D eigenvalue weighted by atomic mass is 16.4. The molecular weight excluding hydrogens is 244 g/mol. The van der Waals surface area contributed by atoms with E-state index in [1.165, 1.54) is 0 Å². The van der Waals surface area contributed by atoms with Gasteiger partial charge in [-0.1, -0.05) is 34.1 Å². The fraction of sp³-hybridized carbons (Fsp3) is 0.857. The Bertz CT molecular complexity index is 292. The lowest BCUT2D eigenvalue weighted by molar-refractivity contribution is -0.137. The number of carboxylic acid groups (broad SMARTS) is 1. The van der Waals surface area contributed by atoms with E-state index in [1.54, 1.807) is 0 Å². The summed E-state index contributed by atoms with van der Waals surface area (Å²) in [5.74, 6) is -0.242. The number of carbonyl (C=O) groups excluding carboxylic acids is 1. The van der Waals surface area contributed by atoms with Crippen molar-refractivity contribution in [3.05, 3.63) is 0 Å². The van der Waals surface area contributed by atoms with Crippen molar-refractivity contribution in [3.63, 3.8) is 0 Å². The SMILES string of the molecule is CCC(C)CC(C)NC(=O)NC(CC(=O)O)C(C)C. The van der Waals surface area contributed by atoms with Gasteiger partial charge >= 0.3 is 12.0 Å². The van der Waals surface area contributed by atoms with Crippen molar-refractivity contribution in [1.82, 2.24) is 10.6 Å². The number of hydrogen-bond acceptors (Lipinski definition) is 2. The Labute approximate surface area is 116 Å².